The fraction of sp³-hybridized carbons (Fsp3) is 0.333. The van der Waals surface area contributed by atoms with Crippen molar-refractivity contribution in [1.82, 2.24) is 4.98 Å². The zero-order chi connectivity index (χ0) is 18.5. The summed E-state index contributed by atoms with van der Waals surface area (Å²) >= 11 is 5.72. The van der Waals surface area contributed by atoms with Gasteiger partial charge in [0, 0.05) is 17.4 Å². The second-order valence-corrected chi connectivity index (χ2v) is 8.05. The SMILES string of the molecule is O=C(Nc1ccc(F)c(Cl)c1)c1ccnc(NS(=O)C2CCCCC2)c1. The van der Waals surface area contributed by atoms with Crippen LogP contribution >= 0.6 is 11.6 Å². The molecule has 5 nitrogen and oxygen atoms in total. The molecule has 0 saturated heterocycles. The lowest BCUT2D eigenvalue weighted by atomic mass is 10.0. The number of hydrogen-bond donors (Lipinski definition) is 2. The molecule has 1 unspecified atom stereocenters. The Morgan fingerprint density at radius 2 is 1.96 bits per heavy atom. The third kappa shape index (κ3) is 4.80. The van der Waals surface area contributed by atoms with Gasteiger partial charge in [-0.1, -0.05) is 30.9 Å². The number of carbonyl (C=O) groups excluding carboxylic acids is 1. The van der Waals surface area contributed by atoms with Crippen LogP contribution in [0.4, 0.5) is 15.9 Å². The molecular weight excluding hydrogens is 377 g/mol. The summed E-state index contributed by atoms with van der Waals surface area (Å²) in [6.07, 6.45) is 6.72. The molecule has 0 radical (unpaired) electrons. The molecule has 8 heteroatoms. The van der Waals surface area contributed by atoms with Gasteiger partial charge in [-0.25, -0.2) is 13.6 Å². The molecule has 1 saturated carbocycles. The van der Waals surface area contributed by atoms with Crippen LogP contribution in [-0.2, 0) is 11.0 Å². The van der Waals surface area contributed by atoms with Crippen molar-refractivity contribution in [1.29, 1.82) is 0 Å². The predicted molar refractivity (Wildman–Crippen MR) is 102 cm³/mol. The number of carbonyl (C=O) groups is 1. The monoisotopic (exact) mass is 395 g/mol. The first-order chi connectivity index (χ1) is 12.5. The average Bonchev–Trinajstić information content (AvgIpc) is 2.65. The summed E-state index contributed by atoms with van der Waals surface area (Å²) < 4.78 is 28.5. The van der Waals surface area contributed by atoms with Crippen molar-refractivity contribution >= 4 is 40.0 Å². The van der Waals surface area contributed by atoms with E-state index in [-0.39, 0.29) is 16.2 Å². The Morgan fingerprint density at radius 1 is 1.19 bits per heavy atom. The lowest BCUT2D eigenvalue weighted by molar-refractivity contribution is 0.102. The van der Waals surface area contributed by atoms with Crippen LogP contribution < -0.4 is 10.0 Å². The van der Waals surface area contributed by atoms with Crippen LogP contribution in [0.5, 0.6) is 0 Å². The number of benzene rings is 1. The summed E-state index contributed by atoms with van der Waals surface area (Å²) in [5.41, 5.74) is 0.738. The molecule has 1 atom stereocenters. The molecule has 1 fully saturated rings. The molecule has 2 aromatic rings. The number of nitrogens with one attached hydrogen (secondary N) is 2. The van der Waals surface area contributed by atoms with Crippen LogP contribution in [0.2, 0.25) is 5.02 Å². The molecular formula is C18H19ClFN3O2S. The highest BCUT2D eigenvalue weighted by Crippen LogP contribution is 2.23. The van der Waals surface area contributed by atoms with Crippen LogP contribution in [0, 0.1) is 5.82 Å². The van der Waals surface area contributed by atoms with E-state index in [1.807, 2.05) is 0 Å². The zero-order valence-corrected chi connectivity index (χ0v) is 15.6. The Balaban J connectivity index is 1.66. The Morgan fingerprint density at radius 3 is 2.69 bits per heavy atom. The number of rotatable bonds is 5. The molecule has 1 amide bonds. The summed E-state index contributed by atoms with van der Waals surface area (Å²) in [4.78, 5) is 16.5. The molecule has 0 spiro atoms. The third-order valence-corrected chi connectivity index (χ3v) is 6.04. The summed E-state index contributed by atoms with van der Waals surface area (Å²) in [5, 5.41) is 2.70. The molecule has 0 bridgehead atoms. The fourth-order valence-electron chi connectivity index (χ4n) is 2.87. The highest BCUT2D eigenvalue weighted by molar-refractivity contribution is 7.87. The Labute approximate surface area is 158 Å². The largest absolute Gasteiger partial charge is 0.322 e. The van der Waals surface area contributed by atoms with Gasteiger partial charge in [-0.05, 0) is 43.2 Å². The first-order valence-corrected chi connectivity index (χ1v) is 10.0. The topological polar surface area (TPSA) is 71.1 Å². The van der Waals surface area contributed by atoms with Gasteiger partial charge >= 0.3 is 0 Å². The minimum absolute atomic E-state index is 0.0669. The first kappa shape index (κ1) is 18.8. The second-order valence-electron chi connectivity index (χ2n) is 6.17. The maximum atomic E-state index is 13.2. The lowest BCUT2D eigenvalue weighted by Crippen LogP contribution is -2.24. The molecule has 3 rings (SSSR count). The standard InChI is InChI=1S/C18H19ClFN3O2S/c19-15-11-13(6-7-16(15)20)22-18(24)12-8-9-21-17(10-12)23-26(25)14-4-2-1-3-5-14/h6-11,14H,1-5H2,(H,21,23)(H,22,24). The molecule has 1 aromatic carbocycles. The Hall–Kier alpha value is -1.99. The predicted octanol–water partition coefficient (Wildman–Crippen LogP) is 4.53. The van der Waals surface area contributed by atoms with Crippen LogP contribution in [0.1, 0.15) is 42.5 Å². The quantitative estimate of drug-likeness (QED) is 0.781. The average molecular weight is 396 g/mol. The maximum absolute atomic E-state index is 13.2. The molecule has 2 N–H and O–H groups in total. The van der Waals surface area contributed by atoms with E-state index >= 15 is 0 Å². The van der Waals surface area contributed by atoms with E-state index in [0.717, 1.165) is 25.7 Å². The number of pyridine rings is 1. The summed E-state index contributed by atoms with van der Waals surface area (Å²) in [6, 6.07) is 7.05. The number of anilines is 2. The van der Waals surface area contributed by atoms with E-state index in [1.165, 1.54) is 30.8 Å². The van der Waals surface area contributed by atoms with E-state index < -0.39 is 16.8 Å². The van der Waals surface area contributed by atoms with E-state index in [9.17, 15) is 13.4 Å². The molecule has 138 valence electrons. The molecule has 26 heavy (non-hydrogen) atoms. The maximum Gasteiger partial charge on any atom is 0.255 e. The van der Waals surface area contributed by atoms with Gasteiger partial charge in [-0.2, -0.15) is 0 Å². The van der Waals surface area contributed by atoms with E-state index in [0.29, 0.717) is 17.1 Å². The van der Waals surface area contributed by atoms with Gasteiger partial charge in [0.2, 0.25) is 0 Å². The number of aromatic nitrogens is 1. The van der Waals surface area contributed by atoms with Crippen molar-refractivity contribution in [3.05, 3.63) is 52.9 Å². The highest BCUT2D eigenvalue weighted by Gasteiger charge is 2.20. The summed E-state index contributed by atoms with van der Waals surface area (Å²) in [6.45, 7) is 0. The normalized spacial score (nSPS) is 16.1. The van der Waals surface area contributed by atoms with Crippen LogP contribution in [0.25, 0.3) is 0 Å². The summed E-state index contributed by atoms with van der Waals surface area (Å²) in [5.74, 6) is -0.550. The molecule has 1 aliphatic rings. The first-order valence-electron chi connectivity index (χ1n) is 8.42. The Kier molecular flexibility index (Phi) is 6.21. The van der Waals surface area contributed by atoms with Gasteiger partial charge in [0.15, 0.2) is 0 Å². The van der Waals surface area contributed by atoms with Crippen molar-refractivity contribution in [3.63, 3.8) is 0 Å². The zero-order valence-electron chi connectivity index (χ0n) is 14.0. The van der Waals surface area contributed by atoms with Gasteiger partial charge in [0.1, 0.15) is 22.6 Å². The van der Waals surface area contributed by atoms with Gasteiger partial charge < -0.3 is 5.32 Å². The Bertz CT molecular complexity index is 828. The number of nitrogens with zero attached hydrogens (tertiary/aromatic N) is 1. The summed E-state index contributed by atoms with van der Waals surface area (Å²) in [7, 11) is -1.23. The number of hydrogen-bond acceptors (Lipinski definition) is 3. The molecule has 0 aliphatic heterocycles. The number of halogens is 2. The minimum Gasteiger partial charge on any atom is -0.322 e. The van der Waals surface area contributed by atoms with Gasteiger partial charge in [-0.15, -0.1) is 0 Å². The third-order valence-electron chi connectivity index (χ3n) is 4.26. The van der Waals surface area contributed by atoms with E-state index in [2.05, 4.69) is 15.0 Å². The number of amides is 1. The van der Waals surface area contributed by atoms with Crippen LogP contribution in [-0.4, -0.2) is 20.3 Å². The minimum atomic E-state index is -1.23. The van der Waals surface area contributed by atoms with Gasteiger partial charge in [-0.3, -0.25) is 9.52 Å². The fourth-order valence-corrected chi connectivity index (χ4v) is 4.30. The van der Waals surface area contributed by atoms with E-state index in [1.54, 1.807) is 12.1 Å². The highest BCUT2D eigenvalue weighted by atomic mass is 35.5. The van der Waals surface area contributed by atoms with Gasteiger partial charge in [0.25, 0.3) is 5.91 Å². The van der Waals surface area contributed by atoms with Crippen molar-refractivity contribution in [2.45, 2.75) is 37.4 Å². The van der Waals surface area contributed by atoms with Crippen LogP contribution in [0.15, 0.2) is 36.5 Å². The van der Waals surface area contributed by atoms with Crippen molar-refractivity contribution < 1.29 is 13.4 Å². The molecule has 1 aromatic heterocycles. The molecule has 1 heterocycles. The smallest absolute Gasteiger partial charge is 0.255 e. The second kappa shape index (κ2) is 8.60. The molecule has 1 aliphatic carbocycles. The van der Waals surface area contributed by atoms with Crippen molar-refractivity contribution in [3.8, 4) is 0 Å². The van der Waals surface area contributed by atoms with Crippen LogP contribution in [0.3, 0.4) is 0 Å². The van der Waals surface area contributed by atoms with Crippen molar-refractivity contribution in [2.24, 2.45) is 0 Å². The lowest BCUT2D eigenvalue weighted by Gasteiger charge is -2.21. The van der Waals surface area contributed by atoms with Crippen molar-refractivity contribution in [2.75, 3.05) is 10.0 Å². The van der Waals surface area contributed by atoms with Gasteiger partial charge in [0.05, 0.1) is 10.3 Å². The van der Waals surface area contributed by atoms with E-state index in [4.69, 9.17) is 11.6 Å².